The smallest absolute Gasteiger partial charge is 0.271 e. The molecule has 0 amide bonds. The number of phenolic OH excluding ortho intramolecular Hbond substituents is 1. The molecule has 0 unspecified atom stereocenters. The molecule has 0 aromatic heterocycles. The molecule has 0 aliphatic heterocycles. The Morgan fingerprint density at radius 3 is 2.79 bits per heavy atom. The Balaban J connectivity index is 2.12. The van der Waals surface area contributed by atoms with Gasteiger partial charge in [-0.25, -0.2) is 0 Å². The highest BCUT2D eigenvalue weighted by atomic mass is 79.9. The molecule has 0 atom stereocenters. The van der Waals surface area contributed by atoms with Gasteiger partial charge in [0.05, 0.1) is 4.92 Å². The van der Waals surface area contributed by atoms with E-state index in [-0.39, 0.29) is 11.4 Å². The van der Waals surface area contributed by atoms with Crippen LogP contribution in [0.2, 0.25) is 0 Å². The molecule has 2 N–H and O–H groups in total. The first-order valence-corrected chi connectivity index (χ1v) is 6.31. The molecule has 6 heteroatoms. The van der Waals surface area contributed by atoms with Crippen LogP contribution in [0.5, 0.6) is 5.75 Å². The second-order valence-electron chi connectivity index (χ2n) is 3.93. The molecule has 2 aromatic carbocycles. The number of rotatable bonds is 4. The maximum absolute atomic E-state index is 10.7. The average Bonchev–Trinajstić information content (AvgIpc) is 2.40. The van der Waals surface area contributed by atoms with Crippen molar-refractivity contribution >= 4 is 27.3 Å². The quantitative estimate of drug-likeness (QED) is 0.665. The molecular weight excluding hydrogens is 312 g/mol. The van der Waals surface area contributed by atoms with E-state index in [1.165, 1.54) is 12.1 Å². The third kappa shape index (κ3) is 3.45. The summed E-state index contributed by atoms with van der Waals surface area (Å²) in [4.78, 5) is 10.2. The van der Waals surface area contributed by atoms with Gasteiger partial charge in [0, 0.05) is 34.4 Å². The van der Waals surface area contributed by atoms with Crippen molar-refractivity contribution in [3.63, 3.8) is 0 Å². The Hall–Kier alpha value is -2.08. The van der Waals surface area contributed by atoms with Crippen LogP contribution in [-0.4, -0.2) is 10.0 Å². The zero-order valence-electron chi connectivity index (χ0n) is 9.84. The fraction of sp³-hybridized carbons (Fsp3) is 0.0769. The Morgan fingerprint density at radius 1 is 1.26 bits per heavy atom. The van der Waals surface area contributed by atoms with Crippen LogP contribution in [0.1, 0.15) is 5.56 Å². The largest absolute Gasteiger partial charge is 0.508 e. The predicted octanol–water partition coefficient (Wildman–Crippen LogP) is 3.68. The van der Waals surface area contributed by atoms with Gasteiger partial charge in [-0.05, 0) is 24.3 Å². The summed E-state index contributed by atoms with van der Waals surface area (Å²) in [6.45, 7) is 0.381. The van der Waals surface area contributed by atoms with Crippen LogP contribution in [0, 0.1) is 10.1 Å². The number of hydrogen-bond donors (Lipinski definition) is 2. The number of aromatic hydroxyl groups is 1. The Morgan fingerprint density at radius 2 is 2.05 bits per heavy atom. The van der Waals surface area contributed by atoms with E-state index in [1.807, 2.05) is 0 Å². The minimum Gasteiger partial charge on any atom is -0.508 e. The van der Waals surface area contributed by atoms with E-state index in [0.29, 0.717) is 17.8 Å². The van der Waals surface area contributed by atoms with Gasteiger partial charge in [0.2, 0.25) is 0 Å². The fourth-order valence-corrected chi connectivity index (χ4v) is 2.03. The topological polar surface area (TPSA) is 75.4 Å². The molecule has 98 valence electrons. The molecule has 19 heavy (non-hydrogen) atoms. The summed E-state index contributed by atoms with van der Waals surface area (Å²) in [6.07, 6.45) is 0. The third-order valence-electron chi connectivity index (χ3n) is 2.58. The van der Waals surface area contributed by atoms with Crippen molar-refractivity contribution in [2.24, 2.45) is 0 Å². The number of nitrogens with zero attached hydrogens (tertiary/aromatic N) is 1. The summed E-state index contributed by atoms with van der Waals surface area (Å²) < 4.78 is 0.862. The van der Waals surface area contributed by atoms with Gasteiger partial charge in [-0.15, -0.1) is 0 Å². The van der Waals surface area contributed by atoms with Gasteiger partial charge in [0.15, 0.2) is 0 Å². The number of nitrogens with one attached hydrogen (secondary N) is 1. The predicted molar refractivity (Wildman–Crippen MR) is 76.2 cm³/mol. The first kappa shape index (κ1) is 13.4. The molecule has 0 bridgehead atoms. The standard InChI is InChI=1S/C13H11BrN2O3/c14-10-4-5-13(17)9(6-10)8-15-11-2-1-3-12(7-11)16(18)19/h1-7,15,17H,8H2. The number of nitro benzene ring substituents is 1. The summed E-state index contributed by atoms with van der Waals surface area (Å²) in [7, 11) is 0. The molecule has 0 aliphatic rings. The molecular formula is C13H11BrN2O3. The SMILES string of the molecule is O=[N+]([O-])c1cccc(NCc2cc(Br)ccc2O)c1. The van der Waals surface area contributed by atoms with Crippen LogP contribution in [0.15, 0.2) is 46.9 Å². The first-order chi connectivity index (χ1) is 9.06. The van der Waals surface area contributed by atoms with Crippen molar-refractivity contribution in [1.82, 2.24) is 0 Å². The maximum atomic E-state index is 10.7. The summed E-state index contributed by atoms with van der Waals surface area (Å²) >= 11 is 3.33. The molecule has 0 saturated carbocycles. The monoisotopic (exact) mass is 322 g/mol. The van der Waals surface area contributed by atoms with Crippen LogP contribution in [0.25, 0.3) is 0 Å². The first-order valence-electron chi connectivity index (χ1n) is 5.52. The van der Waals surface area contributed by atoms with Crippen molar-refractivity contribution in [1.29, 1.82) is 0 Å². The second kappa shape index (κ2) is 5.71. The number of hydrogen-bond acceptors (Lipinski definition) is 4. The molecule has 2 rings (SSSR count). The van der Waals surface area contributed by atoms with Crippen LogP contribution >= 0.6 is 15.9 Å². The van der Waals surface area contributed by atoms with E-state index in [9.17, 15) is 15.2 Å². The average molecular weight is 323 g/mol. The lowest BCUT2D eigenvalue weighted by atomic mass is 10.2. The molecule has 2 aromatic rings. The minimum atomic E-state index is -0.443. The van der Waals surface area contributed by atoms with Gasteiger partial charge < -0.3 is 10.4 Å². The highest BCUT2D eigenvalue weighted by Gasteiger charge is 2.06. The lowest BCUT2D eigenvalue weighted by Gasteiger charge is -2.08. The number of anilines is 1. The van der Waals surface area contributed by atoms with E-state index in [2.05, 4.69) is 21.2 Å². The van der Waals surface area contributed by atoms with E-state index < -0.39 is 4.92 Å². The molecule has 0 radical (unpaired) electrons. The van der Waals surface area contributed by atoms with Gasteiger partial charge in [0.25, 0.3) is 5.69 Å². The van der Waals surface area contributed by atoms with Crippen molar-refractivity contribution in [3.05, 3.63) is 62.6 Å². The normalized spacial score (nSPS) is 10.2. The summed E-state index contributed by atoms with van der Waals surface area (Å²) in [5.74, 6) is 0.182. The van der Waals surface area contributed by atoms with Crippen molar-refractivity contribution in [3.8, 4) is 5.75 Å². The molecule has 0 saturated heterocycles. The number of nitro groups is 1. The van der Waals surface area contributed by atoms with E-state index in [1.54, 1.807) is 30.3 Å². The van der Waals surface area contributed by atoms with Crippen LogP contribution in [0.3, 0.4) is 0 Å². The minimum absolute atomic E-state index is 0.0310. The summed E-state index contributed by atoms with van der Waals surface area (Å²) in [6, 6.07) is 11.4. The van der Waals surface area contributed by atoms with Crippen LogP contribution in [-0.2, 0) is 6.54 Å². The van der Waals surface area contributed by atoms with Gasteiger partial charge in [-0.3, -0.25) is 10.1 Å². The number of phenols is 1. The second-order valence-corrected chi connectivity index (χ2v) is 4.85. The van der Waals surface area contributed by atoms with E-state index >= 15 is 0 Å². The van der Waals surface area contributed by atoms with Crippen molar-refractivity contribution < 1.29 is 10.0 Å². The van der Waals surface area contributed by atoms with Crippen molar-refractivity contribution in [2.45, 2.75) is 6.54 Å². The van der Waals surface area contributed by atoms with Gasteiger partial charge in [-0.1, -0.05) is 22.0 Å². The summed E-state index contributed by atoms with van der Waals surface area (Å²) in [5, 5.41) is 23.4. The highest BCUT2D eigenvalue weighted by molar-refractivity contribution is 9.10. The molecule has 5 nitrogen and oxygen atoms in total. The van der Waals surface area contributed by atoms with Crippen LogP contribution < -0.4 is 5.32 Å². The molecule has 0 heterocycles. The Bertz CT molecular complexity index is 617. The third-order valence-corrected chi connectivity index (χ3v) is 3.07. The van der Waals surface area contributed by atoms with E-state index in [0.717, 1.165) is 4.47 Å². The highest BCUT2D eigenvalue weighted by Crippen LogP contribution is 2.23. The number of non-ortho nitro benzene ring substituents is 1. The Labute approximate surface area is 118 Å². The summed E-state index contributed by atoms with van der Waals surface area (Å²) in [5.41, 5.74) is 1.37. The van der Waals surface area contributed by atoms with Crippen LogP contribution in [0.4, 0.5) is 11.4 Å². The molecule has 0 fully saturated rings. The maximum Gasteiger partial charge on any atom is 0.271 e. The van der Waals surface area contributed by atoms with Gasteiger partial charge in [-0.2, -0.15) is 0 Å². The fourth-order valence-electron chi connectivity index (χ4n) is 1.62. The van der Waals surface area contributed by atoms with E-state index in [4.69, 9.17) is 0 Å². The number of benzene rings is 2. The number of halogens is 1. The lowest BCUT2D eigenvalue weighted by molar-refractivity contribution is -0.384. The zero-order chi connectivity index (χ0) is 13.8. The molecule has 0 spiro atoms. The Kier molecular flexibility index (Phi) is 4.01. The lowest BCUT2D eigenvalue weighted by Crippen LogP contribution is -2.00. The van der Waals surface area contributed by atoms with Gasteiger partial charge >= 0.3 is 0 Å². The van der Waals surface area contributed by atoms with Gasteiger partial charge in [0.1, 0.15) is 5.75 Å². The van der Waals surface area contributed by atoms with Crippen molar-refractivity contribution in [2.75, 3.05) is 5.32 Å². The zero-order valence-corrected chi connectivity index (χ0v) is 11.4. The molecule has 0 aliphatic carbocycles.